The van der Waals surface area contributed by atoms with Crippen LogP contribution in [-0.4, -0.2) is 19.0 Å². The molecule has 0 spiro atoms. The van der Waals surface area contributed by atoms with E-state index in [2.05, 4.69) is 0 Å². The van der Waals surface area contributed by atoms with Gasteiger partial charge in [-0.3, -0.25) is 4.79 Å². The molecule has 0 N–H and O–H groups in total. The van der Waals surface area contributed by atoms with Crippen molar-refractivity contribution in [1.82, 2.24) is 0 Å². The smallest absolute Gasteiger partial charge is 0.189 e. The van der Waals surface area contributed by atoms with Crippen LogP contribution in [0, 0.1) is 0 Å². The van der Waals surface area contributed by atoms with Crippen LogP contribution in [0.4, 0.5) is 0 Å². The van der Waals surface area contributed by atoms with E-state index in [0.717, 1.165) is 5.56 Å². The van der Waals surface area contributed by atoms with Crippen LogP contribution in [0.5, 0.6) is 11.5 Å². The highest BCUT2D eigenvalue weighted by atomic mass is 35.5. The van der Waals surface area contributed by atoms with Gasteiger partial charge in [0.2, 0.25) is 0 Å². The molecule has 2 aromatic rings. The van der Waals surface area contributed by atoms with Crippen molar-refractivity contribution < 1.29 is 14.3 Å². The number of ketones is 1. The molecule has 0 heterocycles. The number of benzene rings is 2. The Labute approximate surface area is 141 Å². The van der Waals surface area contributed by atoms with Crippen molar-refractivity contribution in [3.8, 4) is 11.5 Å². The Morgan fingerprint density at radius 1 is 1.04 bits per heavy atom. The Balaban J connectivity index is 2.33. The summed E-state index contributed by atoms with van der Waals surface area (Å²) in [5, 5.41) is 0.430. The molecule has 23 heavy (non-hydrogen) atoms. The summed E-state index contributed by atoms with van der Waals surface area (Å²) in [6.07, 6.45) is 3.30. The molecular weight excluding hydrogens is 312 g/mol. The molecule has 0 atom stereocenters. The van der Waals surface area contributed by atoms with Gasteiger partial charge in [0.1, 0.15) is 11.5 Å². The molecule has 0 saturated carbocycles. The third kappa shape index (κ3) is 4.60. The van der Waals surface area contributed by atoms with Gasteiger partial charge < -0.3 is 9.47 Å². The van der Waals surface area contributed by atoms with Crippen molar-refractivity contribution in [2.75, 3.05) is 13.2 Å². The molecule has 0 aromatic heterocycles. The third-order valence-corrected chi connectivity index (χ3v) is 3.42. The normalized spacial score (nSPS) is 10.7. The van der Waals surface area contributed by atoms with Gasteiger partial charge in [-0.1, -0.05) is 48.0 Å². The summed E-state index contributed by atoms with van der Waals surface area (Å²) in [7, 11) is 0. The Bertz CT molecular complexity index is 693. The number of hydrogen-bond acceptors (Lipinski definition) is 3. The van der Waals surface area contributed by atoms with E-state index in [4.69, 9.17) is 21.1 Å². The molecule has 0 bridgehead atoms. The number of carbonyl (C=O) groups is 1. The lowest BCUT2D eigenvalue weighted by Gasteiger charge is -2.12. The summed E-state index contributed by atoms with van der Waals surface area (Å²) in [4.78, 5) is 12.5. The van der Waals surface area contributed by atoms with Gasteiger partial charge in [0.05, 0.1) is 23.8 Å². The number of halogens is 1. The maximum atomic E-state index is 12.5. The first kappa shape index (κ1) is 17.1. The van der Waals surface area contributed by atoms with Crippen LogP contribution in [0.25, 0.3) is 6.08 Å². The standard InChI is InChI=1S/C19H19ClO3/c1-3-22-18-13-16(20)19(23-4-2)12-15(18)17(21)11-10-14-8-6-5-7-9-14/h5-13H,3-4H2,1-2H3. The number of carbonyl (C=O) groups excluding carboxylic acids is 1. The predicted octanol–water partition coefficient (Wildman–Crippen LogP) is 5.03. The molecule has 4 heteroatoms. The molecule has 0 radical (unpaired) electrons. The van der Waals surface area contributed by atoms with E-state index in [1.165, 1.54) is 6.08 Å². The van der Waals surface area contributed by atoms with Crippen LogP contribution in [0.1, 0.15) is 29.8 Å². The van der Waals surface area contributed by atoms with E-state index in [9.17, 15) is 4.79 Å². The summed E-state index contributed by atoms with van der Waals surface area (Å²) in [5.74, 6) is 0.785. The fraction of sp³-hybridized carbons (Fsp3) is 0.211. The number of rotatable bonds is 7. The van der Waals surface area contributed by atoms with Crippen molar-refractivity contribution in [2.45, 2.75) is 13.8 Å². The minimum atomic E-state index is -0.157. The van der Waals surface area contributed by atoms with Gasteiger partial charge in [0, 0.05) is 6.07 Å². The Morgan fingerprint density at radius 3 is 2.35 bits per heavy atom. The first-order valence-electron chi connectivity index (χ1n) is 7.52. The Kier molecular flexibility index (Phi) is 6.24. The Morgan fingerprint density at radius 2 is 1.70 bits per heavy atom. The lowest BCUT2D eigenvalue weighted by molar-refractivity contribution is 0.104. The summed E-state index contributed by atoms with van der Waals surface area (Å²) < 4.78 is 11.0. The number of hydrogen-bond donors (Lipinski definition) is 0. The van der Waals surface area contributed by atoms with Crippen LogP contribution in [-0.2, 0) is 0 Å². The summed E-state index contributed by atoms with van der Waals surface area (Å²) >= 11 is 6.16. The third-order valence-electron chi connectivity index (χ3n) is 3.13. The van der Waals surface area contributed by atoms with E-state index in [1.807, 2.05) is 44.2 Å². The second kappa shape index (κ2) is 8.39. The highest BCUT2D eigenvalue weighted by Gasteiger charge is 2.15. The van der Waals surface area contributed by atoms with Crippen LogP contribution in [0.2, 0.25) is 5.02 Å². The zero-order chi connectivity index (χ0) is 16.7. The van der Waals surface area contributed by atoms with Crippen molar-refractivity contribution in [1.29, 1.82) is 0 Å². The van der Waals surface area contributed by atoms with Crippen molar-refractivity contribution in [3.05, 3.63) is 64.7 Å². The number of ether oxygens (including phenoxy) is 2. The first-order valence-corrected chi connectivity index (χ1v) is 7.90. The van der Waals surface area contributed by atoms with Gasteiger partial charge >= 0.3 is 0 Å². The molecule has 2 rings (SSSR count). The molecule has 0 aliphatic carbocycles. The molecule has 0 aliphatic rings. The molecule has 0 unspecified atom stereocenters. The monoisotopic (exact) mass is 330 g/mol. The quantitative estimate of drug-likeness (QED) is 0.527. The van der Waals surface area contributed by atoms with E-state index in [0.29, 0.717) is 35.3 Å². The van der Waals surface area contributed by atoms with Crippen LogP contribution in [0.3, 0.4) is 0 Å². The first-order chi connectivity index (χ1) is 11.2. The van der Waals surface area contributed by atoms with Gasteiger partial charge in [-0.25, -0.2) is 0 Å². The Hall–Kier alpha value is -2.26. The largest absolute Gasteiger partial charge is 0.493 e. The van der Waals surface area contributed by atoms with Crippen molar-refractivity contribution >= 4 is 23.5 Å². The van der Waals surface area contributed by atoms with Gasteiger partial charge in [0.25, 0.3) is 0 Å². The highest BCUT2D eigenvalue weighted by Crippen LogP contribution is 2.33. The van der Waals surface area contributed by atoms with E-state index in [-0.39, 0.29) is 5.78 Å². The fourth-order valence-corrected chi connectivity index (χ4v) is 2.30. The topological polar surface area (TPSA) is 35.5 Å². The van der Waals surface area contributed by atoms with E-state index in [1.54, 1.807) is 18.2 Å². The van der Waals surface area contributed by atoms with Gasteiger partial charge in [-0.2, -0.15) is 0 Å². The molecule has 0 aliphatic heterocycles. The summed E-state index contributed by atoms with van der Waals surface area (Å²) in [6, 6.07) is 12.9. The lowest BCUT2D eigenvalue weighted by Crippen LogP contribution is -2.03. The second-order valence-corrected chi connectivity index (χ2v) is 5.16. The maximum Gasteiger partial charge on any atom is 0.189 e. The van der Waals surface area contributed by atoms with Gasteiger partial charge in [-0.05, 0) is 31.6 Å². The fourth-order valence-electron chi connectivity index (χ4n) is 2.09. The molecule has 120 valence electrons. The van der Waals surface area contributed by atoms with Crippen LogP contribution >= 0.6 is 11.6 Å². The molecule has 2 aromatic carbocycles. The lowest BCUT2D eigenvalue weighted by atomic mass is 10.1. The average molecular weight is 331 g/mol. The van der Waals surface area contributed by atoms with Gasteiger partial charge in [0.15, 0.2) is 5.78 Å². The number of allylic oxidation sites excluding steroid dienone is 1. The minimum Gasteiger partial charge on any atom is -0.493 e. The van der Waals surface area contributed by atoms with Crippen molar-refractivity contribution in [3.63, 3.8) is 0 Å². The highest BCUT2D eigenvalue weighted by molar-refractivity contribution is 6.32. The molecule has 0 saturated heterocycles. The minimum absolute atomic E-state index is 0.157. The molecule has 0 amide bonds. The maximum absolute atomic E-state index is 12.5. The SMILES string of the molecule is CCOc1cc(C(=O)C=Cc2ccccc2)c(OCC)cc1Cl. The summed E-state index contributed by atoms with van der Waals surface area (Å²) in [5.41, 5.74) is 1.39. The molecular formula is C19H19ClO3. The average Bonchev–Trinajstić information content (AvgIpc) is 2.56. The predicted molar refractivity (Wildman–Crippen MR) is 93.6 cm³/mol. The van der Waals surface area contributed by atoms with E-state index < -0.39 is 0 Å². The molecule has 3 nitrogen and oxygen atoms in total. The molecule has 0 fully saturated rings. The zero-order valence-electron chi connectivity index (χ0n) is 13.2. The van der Waals surface area contributed by atoms with Crippen LogP contribution in [0.15, 0.2) is 48.5 Å². The van der Waals surface area contributed by atoms with Crippen molar-refractivity contribution in [2.24, 2.45) is 0 Å². The van der Waals surface area contributed by atoms with Crippen LogP contribution < -0.4 is 9.47 Å². The van der Waals surface area contributed by atoms with Gasteiger partial charge in [-0.15, -0.1) is 0 Å². The summed E-state index contributed by atoms with van der Waals surface area (Å²) in [6.45, 7) is 4.65. The van der Waals surface area contributed by atoms with E-state index >= 15 is 0 Å². The zero-order valence-corrected chi connectivity index (χ0v) is 14.0. The second-order valence-electron chi connectivity index (χ2n) is 4.75.